The summed E-state index contributed by atoms with van der Waals surface area (Å²) in [5, 5.41) is 0. The minimum Gasteiger partial charge on any atom is -0.468 e. The Bertz CT molecular complexity index is 241. The number of carbonyl (C=O) groups is 1. The fourth-order valence-corrected chi connectivity index (χ4v) is 1.80. The topological polar surface area (TPSA) is 26.3 Å². The number of hydrogen-bond donors (Lipinski definition) is 0. The van der Waals surface area contributed by atoms with E-state index >= 15 is 0 Å². The van der Waals surface area contributed by atoms with Gasteiger partial charge in [0.15, 0.2) is 0 Å². The first kappa shape index (κ1) is 11.0. The van der Waals surface area contributed by atoms with E-state index in [-0.39, 0.29) is 0 Å². The molecule has 0 amide bonds. The summed E-state index contributed by atoms with van der Waals surface area (Å²) in [6.45, 7) is 7.11. The second-order valence-corrected chi connectivity index (χ2v) is 3.90. The van der Waals surface area contributed by atoms with Gasteiger partial charge >= 0.3 is 0 Å². The van der Waals surface area contributed by atoms with Gasteiger partial charge in [0.05, 0.1) is 6.61 Å². The van der Waals surface area contributed by atoms with Crippen molar-refractivity contribution in [1.82, 2.24) is 0 Å². The third-order valence-corrected chi connectivity index (χ3v) is 2.81. The Morgan fingerprint density at radius 3 is 3.07 bits per heavy atom. The van der Waals surface area contributed by atoms with E-state index < -0.39 is 0 Å². The highest BCUT2D eigenvalue weighted by Crippen LogP contribution is 2.29. The monoisotopic (exact) mass is 194 g/mol. The van der Waals surface area contributed by atoms with Crippen LogP contribution in [0, 0.1) is 5.92 Å². The lowest BCUT2D eigenvalue weighted by atomic mass is 9.85. The fraction of sp³-hybridized carbons (Fsp3) is 0.583. The second-order valence-electron chi connectivity index (χ2n) is 3.90. The van der Waals surface area contributed by atoms with E-state index in [1.165, 1.54) is 17.6 Å². The van der Waals surface area contributed by atoms with Crippen molar-refractivity contribution >= 4 is 6.47 Å². The largest absolute Gasteiger partial charge is 0.468 e. The summed E-state index contributed by atoms with van der Waals surface area (Å²) < 4.78 is 4.67. The van der Waals surface area contributed by atoms with Crippen LogP contribution in [0.1, 0.15) is 32.6 Å². The van der Waals surface area contributed by atoms with Crippen molar-refractivity contribution in [3.63, 3.8) is 0 Å². The quantitative estimate of drug-likeness (QED) is 0.382. The minimum atomic E-state index is 0.514. The minimum absolute atomic E-state index is 0.514. The van der Waals surface area contributed by atoms with Crippen LogP contribution in [0.25, 0.3) is 0 Å². The zero-order chi connectivity index (χ0) is 10.4. The zero-order valence-electron chi connectivity index (χ0n) is 8.79. The molecule has 1 atom stereocenters. The molecule has 0 aromatic carbocycles. The molecule has 0 spiro atoms. The molecule has 0 heterocycles. The summed E-state index contributed by atoms with van der Waals surface area (Å²) in [7, 11) is 0. The van der Waals surface area contributed by atoms with Gasteiger partial charge in [0.2, 0.25) is 0 Å². The van der Waals surface area contributed by atoms with Crippen molar-refractivity contribution in [1.29, 1.82) is 0 Å². The number of allylic oxidation sites excluding steroid dienone is 2. The van der Waals surface area contributed by atoms with Gasteiger partial charge in [-0.15, -0.1) is 0 Å². The molecule has 0 saturated heterocycles. The van der Waals surface area contributed by atoms with Crippen molar-refractivity contribution in [2.45, 2.75) is 32.6 Å². The Morgan fingerprint density at radius 2 is 2.57 bits per heavy atom. The molecule has 0 saturated carbocycles. The van der Waals surface area contributed by atoms with E-state index in [1.54, 1.807) is 0 Å². The predicted molar refractivity (Wildman–Crippen MR) is 56.9 cm³/mol. The molecule has 0 N–H and O–H groups in total. The highest BCUT2D eigenvalue weighted by molar-refractivity contribution is 5.36. The van der Waals surface area contributed by atoms with Crippen LogP contribution in [0.5, 0.6) is 0 Å². The van der Waals surface area contributed by atoms with Crippen molar-refractivity contribution in [3.05, 3.63) is 23.8 Å². The lowest BCUT2D eigenvalue weighted by Crippen LogP contribution is -2.07. The standard InChI is InChI=1S/C12H18O2/c1-10(2)12-5-3-11(4-6-12)7-8-14-9-13/h3,9,12H,1,4-8H2,2H3. The molecule has 1 unspecified atom stereocenters. The lowest BCUT2D eigenvalue weighted by molar-refractivity contribution is -0.128. The summed E-state index contributed by atoms with van der Waals surface area (Å²) in [6, 6.07) is 0. The van der Waals surface area contributed by atoms with Crippen LogP contribution >= 0.6 is 0 Å². The summed E-state index contributed by atoms with van der Waals surface area (Å²) in [5.41, 5.74) is 2.70. The van der Waals surface area contributed by atoms with E-state index in [1.807, 2.05) is 0 Å². The Kier molecular flexibility index (Phi) is 4.44. The molecule has 78 valence electrons. The molecular formula is C12H18O2. The van der Waals surface area contributed by atoms with Gasteiger partial charge in [0.25, 0.3) is 6.47 Å². The normalized spacial score (nSPS) is 21.2. The maximum atomic E-state index is 9.93. The lowest BCUT2D eigenvalue weighted by Gasteiger charge is -2.21. The van der Waals surface area contributed by atoms with Crippen LogP contribution in [-0.2, 0) is 9.53 Å². The molecular weight excluding hydrogens is 176 g/mol. The molecule has 0 aromatic heterocycles. The smallest absolute Gasteiger partial charge is 0.293 e. The molecule has 0 fully saturated rings. The van der Waals surface area contributed by atoms with Crippen LogP contribution < -0.4 is 0 Å². The second kappa shape index (κ2) is 5.63. The average Bonchev–Trinajstić information content (AvgIpc) is 2.19. The Labute approximate surface area is 85.6 Å². The third-order valence-electron chi connectivity index (χ3n) is 2.81. The number of ether oxygens (including phenoxy) is 1. The average molecular weight is 194 g/mol. The van der Waals surface area contributed by atoms with Crippen LogP contribution in [0.2, 0.25) is 0 Å². The molecule has 14 heavy (non-hydrogen) atoms. The van der Waals surface area contributed by atoms with E-state index in [4.69, 9.17) is 0 Å². The number of hydrogen-bond acceptors (Lipinski definition) is 2. The number of rotatable bonds is 5. The Balaban J connectivity index is 2.30. The van der Waals surface area contributed by atoms with E-state index in [2.05, 4.69) is 24.3 Å². The first-order valence-corrected chi connectivity index (χ1v) is 5.12. The highest BCUT2D eigenvalue weighted by atomic mass is 16.5. The predicted octanol–water partition coefficient (Wildman–Crippen LogP) is 2.85. The van der Waals surface area contributed by atoms with E-state index in [9.17, 15) is 4.79 Å². The van der Waals surface area contributed by atoms with Gasteiger partial charge in [-0.25, -0.2) is 0 Å². The molecule has 0 radical (unpaired) electrons. The maximum Gasteiger partial charge on any atom is 0.293 e. The van der Waals surface area contributed by atoms with Crippen molar-refractivity contribution in [3.8, 4) is 0 Å². The first-order chi connectivity index (χ1) is 6.74. The van der Waals surface area contributed by atoms with Gasteiger partial charge in [-0.3, -0.25) is 4.79 Å². The van der Waals surface area contributed by atoms with E-state index in [0.717, 1.165) is 19.3 Å². The van der Waals surface area contributed by atoms with Gasteiger partial charge in [-0.2, -0.15) is 0 Å². The molecule has 1 aliphatic carbocycles. The third kappa shape index (κ3) is 3.36. The van der Waals surface area contributed by atoms with Crippen molar-refractivity contribution in [2.24, 2.45) is 5.92 Å². The zero-order valence-corrected chi connectivity index (χ0v) is 8.79. The first-order valence-electron chi connectivity index (χ1n) is 5.12. The Hall–Kier alpha value is -1.05. The van der Waals surface area contributed by atoms with Crippen LogP contribution in [0.4, 0.5) is 0 Å². The maximum absolute atomic E-state index is 9.93. The molecule has 1 rings (SSSR count). The SMILES string of the molecule is C=C(C)C1CC=C(CCOC=O)CC1. The molecule has 0 aromatic rings. The van der Waals surface area contributed by atoms with Gasteiger partial charge in [-0.05, 0) is 32.1 Å². The summed E-state index contributed by atoms with van der Waals surface area (Å²) in [4.78, 5) is 9.93. The van der Waals surface area contributed by atoms with Crippen LogP contribution in [-0.4, -0.2) is 13.1 Å². The van der Waals surface area contributed by atoms with Gasteiger partial charge in [0.1, 0.15) is 0 Å². The van der Waals surface area contributed by atoms with Gasteiger partial charge < -0.3 is 4.74 Å². The van der Waals surface area contributed by atoms with Crippen LogP contribution in [0.3, 0.4) is 0 Å². The van der Waals surface area contributed by atoms with Gasteiger partial charge in [0, 0.05) is 6.42 Å². The summed E-state index contributed by atoms with van der Waals surface area (Å²) in [5.74, 6) is 0.658. The van der Waals surface area contributed by atoms with E-state index in [0.29, 0.717) is 19.0 Å². The summed E-state index contributed by atoms with van der Waals surface area (Å²) >= 11 is 0. The van der Waals surface area contributed by atoms with Crippen LogP contribution in [0.15, 0.2) is 23.8 Å². The molecule has 2 heteroatoms. The van der Waals surface area contributed by atoms with Crippen molar-refractivity contribution in [2.75, 3.05) is 6.61 Å². The summed E-state index contributed by atoms with van der Waals surface area (Å²) in [6.07, 6.45) is 6.59. The molecule has 0 bridgehead atoms. The van der Waals surface area contributed by atoms with Crippen molar-refractivity contribution < 1.29 is 9.53 Å². The molecule has 1 aliphatic rings. The highest BCUT2D eigenvalue weighted by Gasteiger charge is 2.14. The van der Waals surface area contributed by atoms with Gasteiger partial charge in [-0.1, -0.05) is 23.8 Å². The fourth-order valence-electron chi connectivity index (χ4n) is 1.80. The number of carbonyl (C=O) groups excluding carboxylic acids is 1. The molecule has 2 nitrogen and oxygen atoms in total. The Morgan fingerprint density at radius 1 is 1.79 bits per heavy atom. The molecule has 0 aliphatic heterocycles.